The normalized spacial score (nSPS) is 11.3. The lowest BCUT2D eigenvalue weighted by atomic mass is 10.3. The number of hydrogen-bond acceptors (Lipinski definition) is 3. The van der Waals surface area contributed by atoms with E-state index in [0.29, 0.717) is 17.4 Å². The van der Waals surface area contributed by atoms with Crippen LogP contribution in [0.15, 0.2) is 29.1 Å². The van der Waals surface area contributed by atoms with Crippen LogP contribution in [0, 0.1) is 0 Å². The second-order valence-electron chi connectivity index (χ2n) is 4.14. The number of thiazole rings is 1. The van der Waals surface area contributed by atoms with Crippen molar-refractivity contribution in [3.63, 3.8) is 0 Å². The third-order valence-corrected chi connectivity index (χ3v) is 4.05. The second-order valence-corrected chi connectivity index (χ2v) is 5.64. The Morgan fingerprint density at radius 1 is 1.32 bits per heavy atom. The van der Waals surface area contributed by atoms with Crippen LogP contribution in [0.1, 0.15) is 11.5 Å². The summed E-state index contributed by atoms with van der Waals surface area (Å²) in [5.41, 5.74) is 4.71. The molecule has 2 aromatic heterocycles. The van der Waals surface area contributed by atoms with Crippen LogP contribution in [0.4, 0.5) is 0 Å². The zero-order valence-electron chi connectivity index (χ0n) is 10.0. The van der Waals surface area contributed by atoms with E-state index in [9.17, 15) is 0 Å². The van der Waals surface area contributed by atoms with Gasteiger partial charge in [-0.3, -0.25) is 0 Å². The molecule has 98 valence electrons. The molecule has 0 unspecified atom stereocenters. The third kappa shape index (κ3) is 2.48. The number of halogens is 2. The summed E-state index contributed by atoms with van der Waals surface area (Å²) in [5.74, 6) is 1.49. The van der Waals surface area contributed by atoms with Gasteiger partial charge in [0.05, 0.1) is 33.8 Å². The molecule has 0 spiro atoms. The van der Waals surface area contributed by atoms with E-state index in [4.69, 9.17) is 23.2 Å². The van der Waals surface area contributed by atoms with Gasteiger partial charge < -0.3 is 4.57 Å². The van der Waals surface area contributed by atoms with Crippen molar-refractivity contribution in [1.82, 2.24) is 14.5 Å². The molecule has 0 saturated carbocycles. The van der Waals surface area contributed by atoms with Gasteiger partial charge in [-0.2, -0.15) is 0 Å². The van der Waals surface area contributed by atoms with Crippen molar-refractivity contribution in [2.45, 2.75) is 13.0 Å². The predicted octanol–water partition coefficient (Wildman–Crippen LogP) is 3.98. The summed E-state index contributed by atoms with van der Waals surface area (Å²) >= 11 is 13.7. The van der Waals surface area contributed by atoms with E-state index in [1.807, 2.05) is 29.1 Å². The fourth-order valence-electron chi connectivity index (χ4n) is 2.11. The number of aromatic nitrogens is 3. The molecule has 0 saturated heterocycles. The Hall–Kier alpha value is -1.10. The Bertz CT molecular complexity index is 691. The third-order valence-electron chi connectivity index (χ3n) is 2.92. The summed E-state index contributed by atoms with van der Waals surface area (Å²) < 4.78 is 2.11. The van der Waals surface area contributed by atoms with Crippen molar-refractivity contribution >= 4 is 45.6 Å². The number of rotatable bonds is 4. The van der Waals surface area contributed by atoms with E-state index in [2.05, 4.69) is 14.5 Å². The molecule has 19 heavy (non-hydrogen) atoms. The minimum Gasteiger partial charge on any atom is -0.321 e. The molecule has 0 aliphatic rings. The average molecular weight is 312 g/mol. The molecular weight excluding hydrogens is 301 g/mol. The number of para-hydroxylation sites is 1. The van der Waals surface area contributed by atoms with E-state index >= 15 is 0 Å². The van der Waals surface area contributed by atoms with Crippen molar-refractivity contribution < 1.29 is 0 Å². The first-order valence-corrected chi connectivity index (χ1v) is 7.72. The van der Waals surface area contributed by atoms with Gasteiger partial charge in [-0.1, -0.05) is 17.7 Å². The van der Waals surface area contributed by atoms with E-state index in [1.165, 1.54) is 0 Å². The van der Waals surface area contributed by atoms with Crippen LogP contribution in [0.2, 0.25) is 5.02 Å². The second kappa shape index (κ2) is 5.49. The van der Waals surface area contributed by atoms with Gasteiger partial charge >= 0.3 is 0 Å². The highest BCUT2D eigenvalue weighted by molar-refractivity contribution is 7.07. The summed E-state index contributed by atoms with van der Waals surface area (Å²) in [6, 6.07) is 5.76. The number of alkyl halides is 1. The predicted molar refractivity (Wildman–Crippen MR) is 80.4 cm³/mol. The molecule has 1 aromatic carbocycles. The van der Waals surface area contributed by atoms with E-state index < -0.39 is 0 Å². The summed E-state index contributed by atoms with van der Waals surface area (Å²) in [4.78, 5) is 8.94. The summed E-state index contributed by atoms with van der Waals surface area (Å²) in [6.45, 7) is 0.677. The zero-order chi connectivity index (χ0) is 13.2. The summed E-state index contributed by atoms with van der Waals surface area (Å²) in [6.07, 6.45) is 0.719. The molecule has 0 bridgehead atoms. The van der Waals surface area contributed by atoms with Gasteiger partial charge in [-0.25, -0.2) is 9.97 Å². The van der Waals surface area contributed by atoms with Crippen LogP contribution in [0.5, 0.6) is 0 Å². The smallest absolute Gasteiger partial charge is 0.111 e. The van der Waals surface area contributed by atoms with Gasteiger partial charge in [0.15, 0.2) is 0 Å². The van der Waals surface area contributed by atoms with Gasteiger partial charge in [-0.05, 0) is 12.1 Å². The molecule has 2 heterocycles. The lowest BCUT2D eigenvalue weighted by Crippen LogP contribution is -2.06. The van der Waals surface area contributed by atoms with Crippen LogP contribution in [0.25, 0.3) is 11.0 Å². The Morgan fingerprint density at radius 2 is 2.21 bits per heavy atom. The Labute approximate surface area is 124 Å². The first-order valence-electron chi connectivity index (χ1n) is 5.86. The highest BCUT2D eigenvalue weighted by atomic mass is 35.5. The minimum absolute atomic E-state index is 0.540. The monoisotopic (exact) mass is 311 g/mol. The van der Waals surface area contributed by atoms with E-state index in [-0.39, 0.29) is 0 Å². The number of fused-ring (bicyclic) bond motifs is 1. The molecular formula is C13H11Cl2N3S. The number of imidazole rings is 1. The van der Waals surface area contributed by atoms with Crippen LogP contribution in [0.3, 0.4) is 0 Å². The molecule has 0 radical (unpaired) electrons. The van der Waals surface area contributed by atoms with Crippen molar-refractivity contribution in [3.05, 3.63) is 45.6 Å². The molecule has 0 N–H and O–H groups in total. The average Bonchev–Trinajstić information content (AvgIpc) is 3.00. The molecule has 3 aromatic rings. The number of benzene rings is 1. The maximum atomic E-state index is 6.30. The highest BCUT2D eigenvalue weighted by Gasteiger charge is 2.13. The summed E-state index contributed by atoms with van der Waals surface area (Å²) in [5, 5.41) is 2.74. The highest BCUT2D eigenvalue weighted by Crippen LogP contribution is 2.25. The quantitative estimate of drug-likeness (QED) is 0.682. The van der Waals surface area contributed by atoms with Gasteiger partial charge in [0.1, 0.15) is 5.82 Å². The first kappa shape index (κ1) is 12.9. The summed E-state index contributed by atoms with van der Waals surface area (Å²) in [7, 11) is 0. The molecule has 0 atom stereocenters. The Kier molecular flexibility index (Phi) is 3.73. The molecule has 0 aliphatic heterocycles. The van der Waals surface area contributed by atoms with Crippen LogP contribution >= 0.6 is 34.5 Å². The molecule has 0 amide bonds. The first-order chi connectivity index (χ1) is 9.29. The zero-order valence-corrected chi connectivity index (χ0v) is 12.3. The van der Waals surface area contributed by atoms with Gasteiger partial charge in [0.2, 0.25) is 0 Å². The lowest BCUT2D eigenvalue weighted by Gasteiger charge is -2.07. The minimum atomic E-state index is 0.540. The van der Waals surface area contributed by atoms with Crippen LogP contribution in [-0.2, 0) is 13.0 Å². The van der Waals surface area contributed by atoms with Crippen molar-refractivity contribution in [2.24, 2.45) is 0 Å². The van der Waals surface area contributed by atoms with Crippen molar-refractivity contribution in [1.29, 1.82) is 0 Å². The Balaban J connectivity index is 2.15. The van der Waals surface area contributed by atoms with Gasteiger partial charge in [-0.15, -0.1) is 22.9 Å². The maximum absolute atomic E-state index is 6.30. The Morgan fingerprint density at radius 3 is 2.95 bits per heavy atom. The number of aryl methyl sites for hydroxylation is 1. The van der Waals surface area contributed by atoms with Crippen LogP contribution in [-0.4, -0.2) is 20.4 Å². The van der Waals surface area contributed by atoms with Gasteiger partial charge in [0, 0.05) is 17.7 Å². The molecule has 0 aliphatic carbocycles. The number of nitrogens with zero attached hydrogens (tertiary/aromatic N) is 3. The molecule has 3 nitrogen and oxygen atoms in total. The van der Waals surface area contributed by atoms with Gasteiger partial charge in [0.25, 0.3) is 0 Å². The number of hydrogen-bond donors (Lipinski definition) is 0. The molecule has 6 heteroatoms. The van der Waals surface area contributed by atoms with Crippen molar-refractivity contribution in [2.75, 3.05) is 5.88 Å². The van der Waals surface area contributed by atoms with Crippen molar-refractivity contribution in [3.8, 4) is 0 Å². The molecule has 0 fully saturated rings. The molecule has 3 rings (SSSR count). The maximum Gasteiger partial charge on any atom is 0.111 e. The topological polar surface area (TPSA) is 30.7 Å². The SMILES string of the molecule is ClCCc1nc2cccc(Cl)c2n1Cc1cscn1. The lowest BCUT2D eigenvalue weighted by molar-refractivity contribution is 0.742. The largest absolute Gasteiger partial charge is 0.321 e. The fraction of sp³-hybridized carbons (Fsp3) is 0.231. The van der Waals surface area contributed by atoms with E-state index in [0.717, 1.165) is 29.0 Å². The van der Waals surface area contributed by atoms with Crippen LogP contribution < -0.4 is 0 Å². The fourth-order valence-corrected chi connectivity index (χ4v) is 3.10. The standard InChI is InChI=1S/C13H11Cl2N3S/c14-5-4-12-17-11-3-1-2-10(15)13(11)18(12)6-9-7-19-8-16-9/h1-3,7-8H,4-6H2. The van der Waals surface area contributed by atoms with E-state index in [1.54, 1.807) is 11.3 Å².